The number of aliphatic hydroxyl groups excluding tert-OH is 1. The van der Waals surface area contributed by atoms with E-state index in [1.54, 1.807) is 7.11 Å². The first-order chi connectivity index (χ1) is 8.40. The van der Waals surface area contributed by atoms with Crippen molar-refractivity contribution in [3.63, 3.8) is 0 Å². The van der Waals surface area contributed by atoms with Crippen molar-refractivity contribution in [2.45, 2.75) is 39.7 Å². The number of methoxy groups -OCH3 is 1. The highest BCUT2D eigenvalue weighted by Gasteiger charge is 2.18. The highest BCUT2D eigenvalue weighted by molar-refractivity contribution is 5.45. The fraction of sp³-hybridized carbons (Fsp3) is 0.600. The molecule has 0 heterocycles. The number of rotatable bonds is 5. The maximum atomic E-state index is 8.78. The fourth-order valence-corrected chi connectivity index (χ4v) is 2.19. The largest absolute Gasteiger partial charge is 0.496 e. The minimum atomic E-state index is 0.119. The van der Waals surface area contributed by atoms with Gasteiger partial charge in [0, 0.05) is 18.7 Å². The molecule has 3 heteroatoms. The molecule has 0 radical (unpaired) electrons. The minimum absolute atomic E-state index is 0.119. The van der Waals surface area contributed by atoms with E-state index in [4.69, 9.17) is 9.84 Å². The summed E-state index contributed by atoms with van der Waals surface area (Å²) < 4.78 is 5.46. The molecule has 2 N–H and O–H groups in total. The second-order valence-corrected chi connectivity index (χ2v) is 5.63. The van der Waals surface area contributed by atoms with Crippen molar-refractivity contribution in [2.24, 2.45) is 0 Å². The van der Waals surface area contributed by atoms with E-state index in [1.165, 1.54) is 11.1 Å². The standard InChI is InChI=1S/C15H25NO2/c1-11-8-12(10-16-6-7-17)14(18-5)9-13(11)15(2,3)4/h8-9,16-17H,6-7,10H2,1-5H3. The second-order valence-electron chi connectivity index (χ2n) is 5.63. The lowest BCUT2D eigenvalue weighted by Gasteiger charge is -2.24. The third-order valence-electron chi connectivity index (χ3n) is 3.04. The molecular weight excluding hydrogens is 226 g/mol. The average molecular weight is 251 g/mol. The van der Waals surface area contributed by atoms with Crippen LogP contribution in [0.4, 0.5) is 0 Å². The average Bonchev–Trinajstić information content (AvgIpc) is 2.28. The van der Waals surface area contributed by atoms with E-state index in [0.29, 0.717) is 6.54 Å². The van der Waals surface area contributed by atoms with Crippen LogP contribution in [0.15, 0.2) is 12.1 Å². The smallest absolute Gasteiger partial charge is 0.123 e. The van der Waals surface area contributed by atoms with Crippen LogP contribution in [0.25, 0.3) is 0 Å². The molecule has 0 bridgehead atoms. The zero-order valence-electron chi connectivity index (χ0n) is 12.1. The van der Waals surface area contributed by atoms with E-state index in [1.807, 2.05) is 0 Å². The quantitative estimate of drug-likeness (QED) is 0.790. The summed E-state index contributed by atoms with van der Waals surface area (Å²) in [7, 11) is 1.70. The predicted octanol–water partition coefficient (Wildman–Crippen LogP) is 2.38. The van der Waals surface area contributed by atoms with Gasteiger partial charge in [0.1, 0.15) is 5.75 Å². The van der Waals surface area contributed by atoms with Crippen LogP contribution in [0.5, 0.6) is 5.75 Å². The van der Waals surface area contributed by atoms with Gasteiger partial charge < -0.3 is 15.2 Å². The van der Waals surface area contributed by atoms with Crippen molar-refractivity contribution in [1.82, 2.24) is 5.32 Å². The van der Waals surface area contributed by atoms with Crippen LogP contribution in [-0.2, 0) is 12.0 Å². The molecule has 0 aliphatic carbocycles. The summed E-state index contributed by atoms with van der Waals surface area (Å²) in [5.41, 5.74) is 3.85. The van der Waals surface area contributed by atoms with E-state index in [0.717, 1.165) is 17.9 Å². The van der Waals surface area contributed by atoms with Gasteiger partial charge in [-0.25, -0.2) is 0 Å². The van der Waals surface area contributed by atoms with Crippen LogP contribution in [-0.4, -0.2) is 25.4 Å². The van der Waals surface area contributed by atoms with Crippen LogP contribution in [0.2, 0.25) is 0 Å². The minimum Gasteiger partial charge on any atom is -0.496 e. The van der Waals surface area contributed by atoms with Gasteiger partial charge >= 0.3 is 0 Å². The number of hydrogen-bond acceptors (Lipinski definition) is 3. The zero-order valence-corrected chi connectivity index (χ0v) is 12.1. The summed E-state index contributed by atoms with van der Waals surface area (Å²) in [6.45, 7) is 10.2. The van der Waals surface area contributed by atoms with Gasteiger partial charge in [0.05, 0.1) is 13.7 Å². The normalized spacial score (nSPS) is 11.7. The lowest BCUT2D eigenvalue weighted by atomic mass is 9.83. The third kappa shape index (κ3) is 3.72. The molecule has 0 atom stereocenters. The first kappa shape index (κ1) is 15.0. The van der Waals surface area contributed by atoms with E-state index >= 15 is 0 Å². The van der Waals surface area contributed by atoms with E-state index < -0.39 is 0 Å². The highest BCUT2D eigenvalue weighted by atomic mass is 16.5. The molecule has 102 valence electrons. The molecule has 1 rings (SSSR count). The molecule has 1 aromatic rings. The Balaban J connectivity index is 3.03. The molecule has 0 fully saturated rings. The summed E-state index contributed by atoms with van der Waals surface area (Å²) in [6, 6.07) is 4.30. The van der Waals surface area contributed by atoms with Crippen molar-refractivity contribution in [3.8, 4) is 5.75 Å². The highest BCUT2D eigenvalue weighted by Crippen LogP contribution is 2.31. The van der Waals surface area contributed by atoms with Crippen molar-refractivity contribution in [3.05, 3.63) is 28.8 Å². The van der Waals surface area contributed by atoms with Crippen LogP contribution in [0, 0.1) is 6.92 Å². The van der Waals surface area contributed by atoms with Gasteiger partial charge in [0.15, 0.2) is 0 Å². The van der Waals surface area contributed by atoms with Gasteiger partial charge in [-0.1, -0.05) is 26.8 Å². The van der Waals surface area contributed by atoms with E-state index in [9.17, 15) is 0 Å². The summed E-state index contributed by atoms with van der Waals surface area (Å²) in [5.74, 6) is 0.913. The lowest BCUT2D eigenvalue weighted by Crippen LogP contribution is -2.19. The molecule has 1 aromatic carbocycles. The molecule has 0 spiro atoms. The van der Waals surface area contributed by atoms with Crippen LogP contribution in [0.1, 0.15) is 37.5 Å². The summed E-state index contributed by atoms with van der Waals surface area (Å²) in [5, 5.41) is 12.0. The Labute approximate surface area is 110 Å². The monoisotopic (exact) mass is 251 g/mol. The molecule has 0 aliphatic rings. The summed E-state index contributed by atoms with van der Waals surface area (Å²) in [4.78, 5) is 0. The fourth-order valence-electron chi connectivity index (χ4n) is 2.19. The molecule has 3 nitrogen and oxygen atoms in total. The van der Waals surface area contributed by atoms with Crippen molar-refractivity contribution in [1.29, 1.82) is 0 Å². The maximum Gasteiger partial charge on any atom is 0.123 e. The first-order valence-corrected chi connectivity index (χ1v) is 6.39. The van der Waals surface area contributed by atoms with Gasteiger partial charge in [-0.3, -0.25) is 0 Å². The van der Waals surface area contributed by atoms with E-state index in [2.05, 4.69) is 45.1 Å². The predicted molar refractivity (Wildman–Crippen MR) is 75.2 cm³/mol. The van der Waals surface area contributed by atoms with Gasteiger partial charge in [-0.15, -0.1) is 0 Å². The molecule has 0 unspecified atom stereocenters. The molecule has 0 amide bonds. The first-order valence-electron chi connectivity index (χ1n) is 6.39. The van der Waals surface area contributed by atoms with Crippen LogP contribution in [0.3, 0.4) is 0 Å². The van der Waals surface area contributed by atoms with Gasteiger partial charge in [-0.05, 0) is 29.5 Å². The Bertz CT molecular complexity index is 394. The third-order valence-corrected chi connectivity index (χ3v) is 3.04. The Morgan fingerprint density at radius 3 is 2.44 bits per heavy atom. The second kappa shape index (κ2) is 6.21. The number of nitrogens with one attached hydrogen (secondary N) is 1. The number of aliphatic hydroxyl groups is 1. The summed E-state index contributed by atoms with van der Waals surface area (Å²) >= 11 is 0. The molecule has 0 saturated heterocycles. The maximum absolute atomic E-state index is 8.78. The topological polar surface area (TPSA) is 41.5 Å². The molecule has 18 heavy (non-hydrogen) atoms. The number of aryl methyl sites for hydroxylation is 1. The number of ether oxygens (including phenoxy) is 1. The Morgan fingerprint density at radius 1 is 1.28 bits per heavy atom. The van der Waals surface area contributed by atoms with Gasteiger partial charge in [-0.2, -0.15) is 0 Å². The Morgan fingerprint density at radius 2 is 1.94 bits per heavy atom. The zero-order chi connectivity index (χ0) is 13.8. The number of hydrogen-bond donors (Lipinski definition) is 2. The van der Waals surface area contributed by atoms with Gasteiger partial charge in [0.25, 0.3) is 0 Å². The lowest BCUT2D eigenvalue weighted by molar-refractivity contribution is 0.291. The molecule has 0 aromatic heterocycles. The van der Waals surface area contributed by atoms with Gasteiger partial charge in [0.2, 0.25) is 0 Å². The number of benzene rings is 1. The van der Waals surface area contributed by atoms with E-state index in [-0.39, 0.29) is 12.0 Å². The molecular formula is C15H25NO2. The summed E-state index contributed by atoms with van der Waals surface area (Å²) in [6.07, 6.45) is 0. The Hall–Kier alpha value is -1.06. The molecule has 0 saturated carbocycles. The Kier molecular flexibility index (Phi) is 5.17. The van der Waals surface area contributed by atoms with Crippen molar-refractivity contribution < 1.29 is 9.84 Å². The SMILES string of the molecule is COc1cc(C(C)(C)C)c(C)cc1CNCCO. The van der Waals surface area contributed by atoms with Crippen molar-refractivity contribution in [2.75, 3.05) is 20.3 Å². The van der Waals surface area contributed by atoms with Crippen molar-refractivity contribution >= 4 is 0 Å². The van der Waals surface area contributed by atoms with Crippen LogP contribution >= 0.6 is 0 Å². The van der Waals surface area contributed by atoms with Crippen LogP contribution < -0.4 is 10.1 Å². The molecule has 0 aliphatic heterocycles.